The molecule has 0 bridgehead atoms. The predicted octanol–water partition coefficient (Wildman–Crippen LogP) is 3.20. The summed E-state index contributed by atoms with van der Waals surface area (Å²) in [5, 5.41) is 1.02. The van der Waals surface area contributed by atoms with Crippen molar-refractivity contribution in [3.8, 4) is 11.8 Å². The lowest BCUT2D eigenvalue weighted by atomic mass is 10.2. The molecule has 0 fully saturated rings. The second kappa shape index (κ2) is 5.39. The Bertz CT molecular complexity index is 506. The Morgan fingerprint density at radius 2 is 1.69 bits per heavy atom. The zero-order valence-electron chi connectivity index (χ0n) is 8.97. The fraction of sp³-hybridized carbons (Fsp3) is 0.0714. The zero-order chi connectivity index (χ0) is 11.2. The van der Waals surface area contributed by atoms with Gasteiger partial charge in [-0.1, -0.05) is 30.0 Å². The predicted molar refractivity (Wildman–Crippen MR) is 68.4 cm³/mol. The molecule has 1 aromatic carbocycles. The molecule has 0 aliphatic carbocycles. The third-order valence-electron chi connectivity index (χ3n) is 2.07. The van der Waals surface area contributed by atoms with Crippen LogP contribution in [0.25, 0.3) is 0 Å². The van der Waals surface area contributed by atoms with Crippen molar-refractivity contribution >= 4 is 11.8 Å². The second-order valence-electron chi connectivity index (χ2n) is 3.21. The molecule has 2 rings (SSSR count). The average molecular weight is 225 g/mol. The van der Waals surface area contributed by atoms with Gasteiger partial charge in [-0.25, -0.2) is 4.98 Å². The highest BCUT2D eigenvalue weighted by molar-refractivity contribution is 7.98. The van der Waals surface area contributed by atoms with Crippen LogP contribution >= 0.6 is 11.8 Å². The van der Waals surface area contributed by atoms with Crippen molar-refractivity contribution in [2.75, 3.05) is 6.26 Å². The molecule has 1 heterocycles. The molecule has 0 unspecified atom stereocenters. The minimum atomic E-state index is 0.946. The summed E-state index contributed by atoms with van der Waals surface area (Å²) in [5.74, 6) is 6.19. The molecule has 0 amide bonds. The van der Waals surface area contributed by atoms with E-state index < -0.39 is 0 Å². The van der Waals surface area contributed by atoms with Crippen LogP contribution < -0.4 is 0 Å². The lowest BCUT2D eigenvalue weighted by molar-refractivity contribution is 1.13. The molecule has 78 valence electrons. The van der Waals surface area contributed by atoms with E-state index in [1.807, 2.05) is 54.9 Å². The second-order valence-corrected chi connectivity index (χ2v) is 4.03. The number of benzene rings is 1. The van der Waals surface area contributed by atoms with E-state index in [1.54, 1.807) is 11.8 Å². The molecule has 0 aliphatic rings. The summed E-state index contributed by atoms with van der Waals surface area (Å²) in [6, 6.07) is 13.9. The van der Waals surface area contributed by atoms with E-state index in [9.17, 15) is 0 Å². The SMILES string of the molecule is CSc1ccc(C#Cc2ccccc2)cn1. The molecule has 0 aliphatic heterocycles. The molecule has 1 aromatic heterocycles. The van der Waals surface area contributed by atoms with Crippen molar-refractivity contribution < 1.29 is 0 Å². The summed E-state index contributed by atoms with van der Waals surface area (Å²) in [4.78, 5) is 4.27. The van der Waals surface area contributed by atoms with E-state index in [2.05, 4.69) is 16.8 Å². The van der Waals surface area contributed by atoms with Gasteiger partial charge in [-0.2, -0.15) is 0 Å². The van der Waals surface area contributed by atoms with Crippen LogP contribution in [-0.2, 0) is 0 Å². The summed E-state index contributed by atoms with van der Waals surface area (Å²) in [6.07, 6.45) is 3.82. The van der Waals surface area contributed by atoms with Crippen LogP contribution in [0.4, 0.5) is 0 Å². The van der Waals surface area contributed by atoms with Crippen LogP contribution in [0.1, 0.15) is 11.1 Å². The van der Waals surface area contributed by atoms with Crippen LogP contribution in [-0.4, -0.2) is 11.2 Å². The van der Waals surface area contributed by atoms with E-state index in [0.717, 1.165) is 16.2 Å². The number of hydrogen-bond acceptors (Lipinski definition) is 2. The molecule has 2 heteroatoms. The Hall–Kier alpha value is -1.72. The maximum Gasteiger partial charge on any atom is 0.0958 e. The highest BCUT2D eigenvalue weighted by atomic mass is 32.2. The van der Waals surface area contributed by atoms with Gasteiger partial charge in [0.15, 0.2) is 0 Å². The first-order chi connectivity index (χ1) is 7.88. The minimum absolute atomic E-state index is 0.946. The van der Waals surface area contributed by atoms with Gasteiger partial charge in [0.1, 0.15) is 0 Å². The van der Waals surface area contributed by atoms with E-state index in [0.29, 0.717) is 0 Å². The number of nitrogens with zero attached hydrogens (tertiary/aromatic N) is 1. The summed E-state index contributed by atoms with van der Waals surface area (Å²) in [7, 11) is 0. The Balaban J connectivity index is 2.18. The van der Waals surface area contributed by atoms with Crippen LogP contribution in [0, 0.1) is 11.8 Å². The smallest absolute Gasteiger partial charge is 0.0958 e. The molecule has 0 radical (unpaired) electrons. The van der Waals surface area contributed by atoms with E-state index >= 15 is 0 Å². The maximum absolute atomic E-state index is 4.27. The molecule has 1 nitrogen and oxygen atoms in total. The minimum Gasteiger partial charge on any atom is -0.249 e. The van der Waals surface area contributed by atoms with Gasteiger partial charge in [0.05, 0.1) is 5.03 Å². The number of aromatic nitrogens is 1. The third kappa shape index (κ3) is 2.88. The Kier molecular flexibility index (Phi) is 3.63. The molecule has 0 saturated heterocycles. The molecule has 0 saturated carbocycles. The van der Waals surface area contributed by atoms with Gasteiger partial charge >= 0.3 is 0 Å². The van der Waals surface area contributed by atoms with Gasteiger partial charge < -0.3 is 0 Å². The number of pyridine rings is 1. The lowest BCUT2D eigenvalue weighted by Gasteiger charge is -1.93. The summed E-state index contributed by atoms with van der Waals surface area (Å²) in [6.45, 7) is 0. The van der Waals surface area contributed by atoms with Crippen LogP contribution in [0.3, 0.4) is 0 Å². The van der Waals surface area contributed by atoms with Gasteiger partial charge in [-0.3, -0.25) is 0 Å². The van der Waals surface area contributed by atoms with Crippen molar-refractivity contribution in [2.45, 2.75) is 5.03 Å². The van der Waals surface area contributed by atoms with E-state index in [4.69, 9.17) is 0 Å². The van der Waals surface area contributed by atoms with Crippen molar-refractivity contribution in [1.29, 1.82) is 0 Å². The molecule has 2 aromatic rings. The molecular formula is C14H11NS. The van der Waals surface area contributed by atoms with Crippen LogP contribution in [0.15, 0.2) is 53.7 Å². The largest absolute Gasteiger partial charge is 0.249 e. The summed E-state index contributed by atoms with van der Waals surface area (Å²) < 4.78 is 0. The Morgan fingerprint density at radius 1 is 0.938 bits per heavy atom. The monoisotopic (exact) mass is 225 g/mol. The van der Waals surface area contributed by atoms with E-state index in [-0.39, 0.29) is 0 Å². The van der Waals surface area contributed by atoms with Crippen molar-refractivity contribution in [3.63, 3.8) is 0 Å². The average Bonchev–Trinajstić information content (AvgIpc) is 2.38. The first kappa shape index (κ1) is 10.8. The van der Waals surface area contributed by atoms with Crippen LogP contribution in [0.2, 0.25) is 0 Å². The lowest BCUT2D eigenvalue weighted by Crippen LogP contribution is -1.80. The number of thioether (sulfide) groups is 1. The van der Waals surface area contributed by atoms with Gasteiger partial charge in [0, 0.05) is 17.3 Å². The van der Waals surface area contributed by atoms with E-state index in [1.165, 1.54) is 0 Å². The van der Waals surface area contributed by atoms with Crippen molar-refractivity contribution in [1.82, 2.24) is 4.98 Å². The standard InChI is InChI=1S/C14H11NS/c1-16-14-10-9-13(11-15-14)8-7-12-5-3-2-4-6-12/h2-6,9-11H,1H3. The van der Waals surface area contributed by atoms with Gasteiger partial charge in [0.25, 0.3) is 0 Å². The number of hydrogen-bond donors (Lipinski definition) is 0. The van der Waals surface area contributed by atoms with Gasteiger partial charge in [-0.05, 0) is 30.5 Å². The zero-order valence-corrected chi connectivity index (χ0v) is 9.79. The fourth-order valence-electron chi connectivity index (χ4n) is 1.24. The fourth-order valence-corrected chi connectivity index (χ4v) is 1.60. The Morgan fingerprint density at radius 3 is 2.31 bits per heavy atom. The summed E-state index contributed by atoms with van der Waals surface area (Å²) >= 11 is 1.63. The summed E-state index contributed by atoms with van der Waals surface area (Å²) in [5.41, 5.74) is 1.97. The van der Waals surface area contributed by atoms with Crippen molar-refractivity contribution in [2.24, 2.45) is 0 Å². The quantitative estimate of drug-likeness (QED) is 0.546. The maximum atomic E-state index is 4.27. The molecular weight excluding hydrogens is 214 g/mol. The van der Waals surface area contributed by atoms with Crippen LogP contribution in [0.5, 0.6) is 0 Å². The normalized spacial score (nSPS) is 9.31. The first-order valence-corrected chi connectivity index (χ1v) is 6.18. The molecule has 0 N–H and O–H groups in total. The molecule has 16 heavy (non-hydrogen) atoms. The topological polar surface area (TPSA) is 12.9 Å². The van der Waals surface area contributed by atoms with Gasteiger partial charge in [0.2, 0.25) is 0 Å². The third-order valence-corrected chi connectivity index (χ3v) is 2.73. The number of rotatable bonds is 1. The first-order valence-electron chi connectivity index (χ1n) is 4.95. The highest BCUT2D eigenvalue weighted by Gasteiger charge is 1.90. The van der Waals surface area contributed by atoms with Crippen molar-refractivity contribution in [3.05, 3.63) is 59.8 Å². The molecule has 0 spiro atoms. The molecule has 0 atom stereocenters. The van der Waals surface area contributed by atoms with Gasteiger partial charge in [-0.15, -0.1) is 11.8 Å². The highest BCUT2D eigenvalue weighted by Crippen LogP contribution is 2.10. The Labute approximate surface area is 99.9 Å².